The van der Waals surface area contributed by atoms with Crippen LogP contribution in [0.5, 0.6) is 0 Å². The largest absolute Gasteiger partial charge is 0.288 e. The Hall–Kier alpha value is -1.12. The zero-order chi connectivity index (χ0) is 10.0. The number of nitrogens with zero attached hydrogens (tertiary/aromatic N) is 2. The molecule has 0 aliphatic heterocycles. The first-order chi connectivity index (χ1) is 6.06. The molecular formula is C7H2BrClN2O2. The highest BCUT2D eigenvalue weighted by Gasteiger charge is 2.15. The first-order valence-corrected chi connectivity index (χ1v) is 4.27. The van der Waals surface area contributed by atoms with Gasteiger partial charge >= 0.3 is 0 Å². The summed E-state index contributed by atoms with van der Waals surface area (Å²) < 4.78 is 0.403. The molecule has 0 atom stereocenters. The van der Waals surface area contributed by atoms with Gasteiger partial charge in [-0.05, 0) is 22.0 Å². The van der Waals surface area contributed by atoms with Crippen LogP contribution in [0.1, 0.15) is 5.56 Å². The summed E-state index contributed by atoms with van der Waals surface area (Å²) in [5, 5.41) is 19.3. The van der Waals surface area contributed by atoms with E-state index >= 15 is 0 Å². The van der Waals surface area contributed by atoms with Crippen LogP contribution in [0.15, 0.2) is 16.6 Å². The van der Waals surface area contributed by atoms with Crippen molar-refractivity contribution in [3.63, 3.8) is 0 Å². The number of nitriles is 1. The van der Waals surface area contributed by atoms with Crippen LogP contribution < -0.4 is 0 Å². The summed E-state index contributed by atoms with van der Waals surface area (Å²) in [6.45, 7) is 0. The Kier molecular flexibility index (Phi) is 2.86. The molecule has 0 N–H and O–H groups in total. The number of nitro benzene ring substituents is 1. The SMILES string of the molecule is N#Cc1cc(Cl)c(Br)cc1[N+](=O)[O-]. The van der Waals surface area contributed by atoms with E-state index in [0.29, 0.717) is 4.47 Å². The second-order valence-corrected chi connectivity index (χ2v) is 3.41. The zero-order valence-electron chi connectivity index (χ0n) is 6.12. The van der Waals surface area contributed by atoms with Gasteiger partial charge in [0.25, 0.3) is 5.69 Å². The highest BCUT2D eigenvalue weighted by molar-refractivity contribution is 9.10. The average molecular weight is 261 g/mol. The lowest BCUT2D eigenvalue weighted by atomic mass is 10.2. The lowest BCUT2D eigenvalue weighted by Gasteiger charge is -1.97. The number of nitro groups is 1. The van der Waals surface area contributed by atoms with Crippen molar-refractivity contribution in [1.82, 2.24) is 0 Å². The van der Waals surface area contributed by atoms with Gasteiger partial charge in [0.15, 0.2) is 0 Å². The molecule has 13 heavy (non-hydrogen) atoms. The molecule has 0 heterocycles. The number of hydrogen-bond acceptors (Lipinski definition) is 3. The predicted octanol–water partition coefficient (Wildman–Crippen LogP) is 2.88. The van der Waals surface area contributed by atoms with Crippen LogP contribution in [0, 0.1) is 21.4 Å². The van der Waals surface area contributed by atoms with Gasteiger partial charge in [0.2, 0.25) is 0 Å². The maximum Gasteiger partial charge on any atom is 0.288 e. The third-order valence-corrected chi connectivity index (χ3v) is 2.55. The Labute approximate surface area is 87.0 Å². The molecule has 0 saturated carbocycles. The Morgan fingerprint density at radius 1 is 1.62 bits per heavy atom. The lowest BCUT2D eigenvalue weighted by molar-refractivity contribution is -0.385. The van der Waals surface area contributed by atoms with Crippen molar-refractivity contribution in [2.75, 3.05) is 0 Å². The molecule has 0 spiro atoms. The number of benzene rings is 1. The zero-order valence-corrected chi connectivity index (χ0v) is 8.46. The van der Waals surface area contributed by atoms with Gasteiger partial charge in [-0.15, -0.1) is 0 Å². The van der Waals surface area contributed by atoms with Gasteiger partial charge in [0.1, 0.15) is 11.6 Å². The van der Waals surface area contributed by atoms with Gasteiger partial charge in [-0.2, -0.15) is 5.26 Å². The Balaban J connectivity index is 3.44. The van der Waals surface area contributed by atoms with Crippen molar-refractivity contribution in [3.8, 4) is 6.07 Å². The van der Waals surface area contributed by atoms with Crippen molar-refractivity contribution in [1.29, 1.82) is 5.26 Å². The summed E-state index contributed by atoms with van der Waals surface area (Å²) in [6.07, 6.45) is 0. The predicted molar refractivity (Wildman–Crippen MR) is 50.5 cm³/mol. The van der Waals surface area contributed by atoms with E-state index in [2.05, 4.69) is 15.9 Å². The maximum atomic E-state index is 10.4. The summed E-state index contributed by atoms with van der Waals surface area (Å²) in [4.78, 5) is 9.81. The molecule has 4 nitrogen and oxygen atoms in total. The van der Waals surface area contributed by atoms with E-state index in [-0.39, 0.29) is 16.3 Å². The minimum absolute atomic E-state index is 0.0433. The average Bonchev–Trinajstić information content (AvgIpc) is 2.08. The minimum atomic E-state index is -0.625. The van der Waals surface area contributed by atoms with E-state index in [9.17, 15) is 10.1 Å². The van der Waals surface area contributed by atoms with Crippen molar-refractivity contribution in [2.24, 2.45) is 0 Å². The van der Waals surface area contributed by atoms with Crippen molar-refractivity contribution < 1.29 is 4.92 Å². The number of hydrogen-bond donors (Lipinski definition) is 0. The standard InChI is InChI=1S/C7H2BrClN2O2/c8-5-2-7(11(12)13)4(3-10)1-6(5)9/h1-2H. The van der Waals surface area contributed by atoms with Crippen LogP contribution in [0.4, 0.5) is 5.69 Å². The highest BCUT2D eigenvalue weighted by atomic mass is 79.9. The first-order valence-electron chi connectivity index (χ1n) is 3.10. The topological polar surface area (TPSA) is 66.9 Å². The highest BCUT2D eigenvalue weighted by Crippen LogP contribution is 2.30. The van der Waals surface area contributed by atoms with Gasteiger partial charge in [-0.3, -0.25) is 10.1 Å². The van der Waals surface area contributed by atoms with Gasteiger partial charge in [-0.1, -0.05) is 11.6 Å². The Morgan fingerprint density at radius 2 is 2.23 bits per heavy atom. The smallest absolute Gasteiger partial charge is 0.258 e. The van der Waals surface area contributed by atoms with Crippen molar-refractivity contribution in [3.05, 3.63) is 37.3 Å². The minimum Gasteiger partial charge on any atom is -0.258 e. The van der Waals surface area contributed by atoms with E-state index < -0.39 is 4.92 Å². The third-order valence-electron chi connectivity index (χ3n) is 1.36. The summed E-state index contributed by atoms with van der Waals surface area (Å²) in [5.74, 6) is 0. The lowest BCUT2D eigenvalue weighted by Crippen LogP contribution is -1.92. The molecule has 6 heteroatoms. The fourth-order valence-electron chi connectivity index (χ4n) is 0.777. The monoisotopic (exact) mass is 260 g/mol. The molecule has 0 bridgehead atoms. The molecule has 1 aromatic carbocycles. The summed E-state index contributed by atoms with van der Waals surface area (Å²) in [5.41, 5.74) is -0.294. The molecule has 0 amide bonds. The third kappa shape index (κ3) is 1.97. The van der Waals surface area contributed by atoms with Crippen LogP contribution in [0.3, 0.4) is 0 Å². The molecule has 1 aromatic rings. The van der Waals surface area contributed by atoms with Crippen LogP contribution in [0.2, 0.25) is 5.02 Å². The molecule has 0 fully saturated rings. The normalized spacial score (nSPS) is 9.31. The summed E-state index contributed by atoms with van der Waals surface area (Å²) in [6, 6.07) is 4.16. The molecular weight excluding hydrogens is 259 g/mol. The van der Waals surface area contributed by atoms with Gasteiger partial charge in [-0.25, -0.2) is 0 Å². The molecule has 0 unspecified atom stereocenters. The van der Waals surface area contributed by atoms with Crippen LogP contribution >= 0.6 is 27.5 Å². The van der Waals surface area contributed by atoms with E-state index in [0.717, 1.165) is 0 Å². The summed E-state index contributed by atoms with van der Waals surface area (Å²) >= 11 is 8.68. The molecule has 0 saturated heterocycles. The molecule has 0 radical (unpaired) electrons. The van der Waals surface area contributed by atoms with Crippen molar-refractivity contribution >= 4 is 33.2 Å². The fraction of sp³-hybridized carbons (Fsp3) is 0. The number of halogens is 2. The first kappa shape index (κ1) is 9.96. The summed E-state index contributed by atoms with van der Waals surface area (Å²) in [7, 11) is 0. The van der Waals surface area contributed by atoms with E-state index in [1.54, 1.807) is 6.07 Å². The van der Waals surface area contributed by atoms with Crippen LogP contribution in [-0.2, 0) is 0 Å². The maximum absolute atomic E-state index is 10.4. The Bertz CT molecular complexity index is 414. The molecule has 66 valence electrons. The number of rotatable bonds is 1. The molecule has 0 aliphatic carbocycles. The van der Waals surface area contributed by atoms with E-state index in [1.807, 2.05) is 0 Å². The second-order valence-electron chi connectivity index (χ2n) is 2.15. The van der Waals surface area contributed by atoms with Gasteiger partial charge in [0.05, 0.1) is 9.95 Å². The quantitative estimate of drug-likeness (QED) is 0.576. The molecule has 0 aromatic heterocycles. The fourth-order valence-corrected chi connectivity index (χ4v) is 1.27. The molecule has 0 aliphatic rings. The van der Waals surface area contributed by atoms with Gasteiger partial charge in [0, 0.05) is 10.5 Å². The van der Waals surface area contributed by atoms with Gasteiger partial charge < -0.3 is 0 Å². The van der Waals surface area contributed by atoms with Crippen LogP contribution in [-0.4, -0.2) is 4.92 Å². The molecule has 1 rings (SSSR count). The Morgan fingerprint density at radius 3 is 2.69 bits per heavy atom. The second kappa shape index (κ2) is 3.73. The van der Waals surface area contributed by atoms with Crippen molar-refractivity contribution in [2.45, 2.75) is 0 Å². The van der Waals surface area contributed by atoms with E-state index in [4.69, 9.17) is 16.9 Å². The van der Waals surface area contributed by atoms with E-state index in [1.165, 1.54) is 12.1 Å². The van der Waals surface area contributed by atoms with Crippen LogP contribution in [0.25, 0.3) is 0 Å².